The maximum atomic E-state index is 6.35. The van der Waals surface area contributed by atoms with E-state index in [1.54, 1.807) is 12.1 Å². The van der Waals surface area contributed by atoms with Crippen LogP contribution >= 0.6 is 23.2 Å². The van der Waals surface area contributed by atoms with Gasteiger partial charge in [-0.25, -0.2) is 0 Å². The molecule has 0 bridgehead atoms. The van der Waals surface area contributed by atoms with Crippen LogP contribution in [0.3, 0.4) is 0 Å². The Labute approximate surface area is 109 Å². The van der Waals surface area contributed by atoms with Crippen molar-refractivity contribution in [1.29, 1.82) is 0 Å². The van der Waals surface area contributed by atoms with E-state index in [-0.39, 0.29) is 5.38 Å². The molecule has 88 valence electrons. The number of halogens is 2. The number of fused-ring (bicyclic) bond motifs is 1. The lowest BCUT2D eigenvalue weighted by Gasteiger charge is -2.08. The Morgan fingerprint density at radius 3 is 2.82 bits per heavy atom. The minimum Gasteiger partial charge on any atom is -0.493 e. The molecule has 1 aromatic heterocycles. The summed E-state index contributed by atoms with van der Waals surface area (Å²) in [5.74, 6) is 1.62. The van der Waals surface area contributed by atoms with Gasteiger partial charge in [0.15, 0.2) is 5.22 Å². The van der Waals surface area contributed by atoms with Gasteiger partial charge in [-0.1, -0.05) is 12.1 Å². The third-order valence-electron chi connectivity index (χ3n) is 2.85. The third-order valence-corrected chi connectivity index (χ3v) is 3.52. The Kier molecular flexibility index (Phi) is 2.77. The number of alkyl halides is 1. The Hall–Kier alpha value is -1.12. The van der Waals surface area contributed by atoms with Crippen LogP contribution in [0.4, 0.5) is 0 Å². The quantitative estimate of drug-likeness (QED) is 0.762. The molecule has 3 rings (SSSR count). The monoisotopic (exact) mass is 268 g/mol. The number of benzene rings is 1. The molecular formula is C13H10Cl2O2. The predicted octanol–water partition coefficient (Wildman–Crippen LogP) is 4.20. The van der Waals surface area contributed by atoms with Gasteiger partial charge in [0.2, 0.25) is 0 Å². The summed E-state index contributed by atoms with van der Waals surface area (Å²) in [6.45, 7) is 0.748. The third kappa shape index (κ3) is 2.03. The van der Waals surface area contributed by atoms with Gasteiger partial charge in [0, 0.05) is 6.42 Å². The zero-order valence-electron chi connectivity index (χ0n) is 8.95. The number of furan rings is 1. The lowest BCUT2D eigenvalue weighted by Crippen LogP contribution is -1.92. The number of hydrogen-bond donors (Lipinski definition) is 0. The lowest BCUT2D eigenvalue weighted by atomic mass is 10.0. The van der Waals surface area contributed by atoms with Crippen molar-refractivity contribution in [2.24, 2.45) is 0 Å². The van der Waals surface area contributed by atoms with E-state index in [0.717, 1.165) is 24.3 Å². The van der Waals surface area contributed by atoms with Crippen LogP contribution in [0, 0.1) is 0 Å². The van der Waals surface area contributed by atoms with Crippen LogP contribution in [0.15, 0.2) is 34.7 Å². The maximum Gasteiger partial charge on any atom is 0.193 e. The van der Waals surface area contributed by atoms with Crippen molar-refractivity contribution in [3.63, 3.8) is 0 Å². The summed E-state index contributed by atoms with van der Waals surface area (Å²) in [5.41, 5.74) is 2.20. The van der Waals surface area contributed by atoms with Crippen LogP contribution in [-0.2, 0) is 6.42 Å². The summed E-state index contributed by atoms with van der Waals surface area (Å²) < 4.78 is 10.8. The summed E-state index contributed by atoms with van der Waals surface area (Å²) in [4.78, 5) is 0. The molecule has 0 aliphatic carbocycles. The lowest BCUT2D eigenvalue weighted by molar-refractivity contribution is 0.357. The molecule has 17 heavy (non-hydrogen) atoms. The molecule has 0 saturated heterocycles. The standard InChI is InChI=1S/C13H10Cl2O2/c14-12-4-3-11(17-12)13(15)9-1-2-10-8(7-9)5-6-16-10/h1-4,7,13H,5-6H2. The van der Waals surface area contributed by atoms with Crippen molar-refractivity contribution < 1.29 is 9.15 Å². The molecule has 1 aliphatic heterocycles. The Morgan fingerprint density at radius 1 is 1.18 bits per heavy atom. The van der Waals surface area contributed by atoms with Gasteiger partial charge in [0.05, 0.1) is 6.61 Å². The van der Waals surface area contributed by atoms with Crippen molar-refractivity contribution in [3.8, 4) is 5.75 Å². The van der Waals surface area contributed by atoms with E-state index in [1.807, 2.05) is 12.1 Å². The van der Waals surface area contributed by atoms with Crippen molar-refractivity contribution in [2.45, 2.75) is 11.8 Å². The normalized spacial score (nSPS) is 15.4. The van der Waals surface area contributed by atoms with E-state index in [1.165, 1.54) is 5.56 Å². The van der Waals surface area contributed by atoms with Crippen molar-refractivity contribution in [3.05, 3.63) is 52.4 Å². The number of ether oxygens (including phenoxy) is 1. The van der Waals surface area contributed by atoms with Crippen molar-refractivity contribution in [1.82, 2.24) is 0 Å². The molecule has 2 aromatic rings. The highest BCUT2D eigenvalue weighted by Gasteiger charge is 2.18. The molecule has 0 N–H and O–H groups in total. The molecule has 0 radical (unpaired) electrons. The van der Waals surface area contributed by atoms with E-state index in [9.17, 15) is 0 Å². The first kappa shape index (κ1) is 11.0. The molecule has 0 saturated carbocycles. The Balaban J connectivity index is 1.94. The van der Waals surface area contributed by atoms with Crippen LogP contribution in [-0.4, -0.2) is 6.61 Å². The first-order valence-electron chi connectivity index (χ1n) is 5.39. The van der Waals surface area contributed by atoms with E-state index in [0.29, 0.717) is 11.0 Å². The van der Waals surface area contributed by atoms with Gasteiger partial charge < -0.3 is 9.15 Å². The van der Waals surface area contributed by atoms with E-state index >= 15 is 0 Å². The largest absolute Gasteiger partial charge is 0.493 e. The second-order valence-electron chi connectivity index (χ2n) is 3.97. The van der Waals surface area contributed by atoms with E-state index in [4.69, 9.17) is 32.4 Å². The fourth-order valence-corrected chi connectivity index (χ4v) is 2.40. The minimum atomic E-state index is -0.312. The zero-order chi connectivity index (χ0) is 11.8. The summed E-state index contributed by atoms with van der Waals surface area (Å²) >= 11 is 12.1. The molecule has 0 spiro atoms. The second kappa shape index (κ2) is 4.28. The van der Waals surface area contributed by atoms with E-state index < -0.39 is 0 Å². The van der Waals surface area contributed by atoms with Crippen LogP contribution in [0.2, 0.25) is 5.22 Å². The molecule has 0 fully saturated rings. The number of rotatable bonds is 2. The van der Waals surface area contributed by atoms with Crippen LogP contribution in [0.25, 0.3) is 0 Å². The fraction of sp³-hybridized carbons (Fsp3) is 0.231. The van der Waals surface area contributed by atoms with Gasteiger partial charge in [-0.2, -0.15) is 0 Å². The summed E-state index contributed by atoms with van der Waals surface area (Å²) in [5, 5.41) is 0.0449. The average Bonchev–Trinajstić information content (AvgIpc) is 2.95. The predicted molar refractivity (Wildman–Crippen MR) is 67.1 cm³/mol. The molecular weight excluding hydrogens is 259 g/mol. The Morgan fingerprint density at radius 2 is 2.06 bits per heavy atom. The highest BCUT2D eigenvalue weighted by Crippen LogP contribution is 2.35. The van der Waals surface area contributed by atoms with Crippen molar-refractivity contribution in [2.75, 3.05) is 6.61 Å². The van der Waals surface area contributed by atoms with E-state index in [2.05, 4.69) is 6.07 Å². The van der Waals surface area contributed by atoms with Gasteiger partial charge in [0.25, 0.3) is 0 Å². The molecule has 2 heterocycles. The summed E-state index contributed by atoms with van der Waals surface area (Å²) in [6, 6.07) is 9.47. The SMILES string of the molecule is Clc1ccc(C(Cl)c2ccc3c(c2)CCO3)o1. The molecule has 1 aliphatic rings. The summed E-state index contributed by atoms with van der Waals surface area (Å²) in [7, 11) is 0. The smallest absolute Gasteiger partial charge is 0.193 e. The average molecular weight is 269 g/mol. The molecule has 2 nitrogen and oxygen atoms in total. The van der Waals surface area contributed by atoms with Gasteiger partial charge in [-0.05, 0) is 40.9 Å². The van der Waals surface area contributed by atoms with Gasteiger partial charge in [-0.15, -0.1) is 11.6 Å². The Bertz CT molecular complexity index is 548. The highest BCUT2D eigenvalue weighted by atomic mass is 35.5. The molecule has 0 amide bonds. The second-order valence-corrected chi connectivity index (χ2v) is 4.78. The first-order valence-corrected chi connectivity index (χ1v) is 6.20. The van der Waals surface area contributed by atoms with Crippen LogP contribution in [0.5, 0.6) is 5.75 Å². The van der Waals surface area contributed by atoms with Crippen LogP contribution < -0.4 is 4.74 Å². The maximum absolute atomic E-state index is 6.35. The topological polar surface area (TPSA) is 22.4 Å². The van der Waals surface area contributed by atoms with Gasteiger partial charge >= 0.3 is 0 Å². The molecule has 1 unspecified atom stereocenters. The highest BCUT2D eigenvalue weighted by molar-refractivity contribution is 6.29. The van der Waals surface area contributed by atoms with Crippen molar-refractivity contribution >= 4 is 23.2 Å². The van der Waals surface area contributed by atoms with Gasteiger partial charge in [0.1, 0.15) is 16.9 Å². The fourth-order valence-electron chi connectivity index (χ4n) is 1.99. The van der Waals surface area contributed by atoms with Crippen LogP contribution in [0.1, 0.15) is 22.3 Å². The molecule has 1 atom stereocenters. The summed E-state index contributed by atoms with van der Waals surface area (Å²) in [6.07, 6.45) is 0.936. The minimum absolute atomic E-state index is 0.312. The first-order chi connectivity index (χ1) is 8.24. The zero-order valence-corrected chi connectivity index (χ0v) is 10.5. The number of hydrogen-bond acceptors (Lipinski definition) is 2. The molecule has 1 aromatic carbocycles. The van der Waals surface area contributed by atoms with Gasteiger partial charge in [-0.3, -0.25) is 0 Å². The molecule has 4 heteroatoms.